The van der Waals surface area contributed by atoms with Crippen LogP contribution in [0.3, 0.4) is 0 Å². The number of benzene rings is 2. The van der Waals surface area contributed by atoms with E-state index in [4.69, 9.17) is 26.9 Å². The van der Waals surface area contributed by atoms with Crippen LogP contribution in [0.25, 0.3) is 0 Å². The van der Waals surface area contributed by atoms with Crippen molar-refractivity contribution >= 4 is 17.1 Å². The minimum atomic E-state index is 0.361. The van der Waals surface area contributed by atoms with Gasteiger partial charge in [0.05, 0.1) is 24.0 Å². The number of anilines is 2. The Kier molecular flexibility index (Phi) is 6.10. The quantitative estimate of drug-likeness (QED) is 0.457. The summed E-state index contributed by atoms with van der Waals surface area (Å²) < 4.78 is 5.41. The van der Waals surface area contributed by atoms with Gasteiger partial charge in [0.2, 0.25) is 0 Å². The summed E-state index contributed by atoms with van der Waals surface area (Å²) in [6.45, 7) is 2.67. The van der Waals surface area contributed by atoms with Crippen molar-refractivity contribution in [3.8, 4) is 11.8 Å². The van der Waals surface area contributed by atoms with Gasteiger partial charge in [0.1, 0.15) is 5.75 Å². The van der Waals surface area contributed by atoms with Crippen molar-refractivity contribution in [2.24, 2.45) is 0 Å². The van der Waals surface area contributed by atoms with Gasteiger partial charge in [-0.05, 0) is 67.8 Å². The minimum absolute atomic E-state index is 0.361. The smallest absolute Gasteiger partial charge is 0.123 e. The molecule has 1 aromatic heterocycles. The molecule has 3 aromatic rings. The van der Waals surface area contributed by atoms with Crippen LogP contribution in [-0.4, -0.2) is 17.3 Å². The summed E-state index contributed by atoms with van der Waals surface area (Å²) in [6.07, 6.45) is 3.83. The lowest BCUT2D eigenvalue weighted by molar-refractivity contribution is 0.288. The Bertz CT molecular complexity index is 1080. The summed E-state index contributed by atoms with van der Waals surface area (Å²) in [7, 11) is 0. The van der Waals surface area contributed by atoms with Crippen molar-refractivity contribution in [1.82, 2.24) is 4.98 Å². The number of hydrogen-bond acceptors (Lipinski definition) is 6. The number of nitriles is 1. The molecular weight excluding hydrogens is 362 g/mol. The maximum absolute atomic E-state index is 8.63. The highest BCUT2D eigenvalue weighted by molar-refractivity contribution is 6.14. The summed E-state index contributed by atoms with van der Waals surface area (Å²) in [4.78, 5) is 4.10. The van der Waals surface area contributed by atoms with Gasteiger partial charge < -0.3 is 16.2 Å². The molecule has 0 amide bonds. The maximum atomic E-state index is 8.63. The molecule has 0 fully saturated rings. The number of nitrogens with two attached hydrogens (primary N) is 2. The fourth-order valence-corrected chi connectivity index (χ4v) is 3.06. The molecule has 146 valence electrons. The summed E-state index contributed by atoms with van der Waals surface area (Å²) in [5.74, 6) is 0.889. The van der Waals surface area contributed by atoms with E-state index in [1.165, 1.54) is 5.56 Å². The van der Waals surface area contributed by atoms with Gasteiger partial charge in [-0.3, -0.25) is 10.4 Å². The molecule has 0 radical (unpaired) electrons. The molecular formula is C23H23N5O. The van der Waals surface area contributed by atoms with Crippen LogP contribution in [0.1, 0.15) is 34.4 Å². The lowest BCUT2D eigenvalue weighted by Crippen LogP contribution is -2.08. The van der Waals surface area contributed by atoms with Crippen molar-refractivity contribution in [2.45, 2.75) is 19.8 Å². The normalized spacial score (nSPS) is 11.9. The Balaban J connectivity index is 0.000000176. The highest BCUT2D eigenvalue weighted by Gasteiger charge is 2.10. The Morgan fingerprint density at radius 1 is 1.14 bits per heavy atom. The molecule has 29 heavy (non-hydrogen) atoms. The predicted octanol–water partition coefficient (Wildman–Crippen LogP) is 3.85. The minimum Gasteiger partial charge on any atom is -0.493 e. The molecule has 0 spiro atoms. The second kappa shape index (κ2) is 8.89. The Hall–Kier alpha value is -3.85. The number of nitrogens with one attached hydrogen (secondary N) is 1. The van der Waals surface area contributed by atoms with Gasteiger partial charge in [0.25, 0.3) is 0 Å². The van der Waals surface area contributed by atoms with Crippen molar-refractivity contribution in [3.05, 3.63) is 82.7 Å². The number of ether oxygens (including phenoxy) is 1. The molecule has 0 aliphatic carbocycles. The first-order chi connectivity index (χ1) is 14.0. The van der Waals surface area contributed by atoms with Crippen LogP contribution in [0.15, 0.2) is 54.7 Å². The van der Waals surface area contributed by atoms with E-state index in [-0.39, 0.29) is 0 Å². The summed E-state index contributed by atoms with van der Waals surface area (Å²) in [5, 5.41) is 16.8. The Morgan fingerprint density at radius 2 is 1.97 bits per heavy atom. The average molecular weight is 385 g/mol. The lowest BCUT2D eigenvalue weighted by Gasteiger charge is -2.16. The summed E-state index contributed by atoms with van der Waals surface area (Å²) >= 11 is 0. The molecule has 0 bridgehead atoms. The fourth-order valence-electron chi connectivity index (χ4n) is 3.06. The molecule has 1 aliphatic rings. The third-order valence-electron chi connectivity index (χ3n) is 4.58. The first-order valence-corrected chi connectivity index (χ1v) is 9.30. The highest BCUT2D eigenvalue weighted by Crippen LogP contribution is 2.25. The SMILES string of the molecule is Cc1cc(C(=N)c2cc(N)ccc2N)ccn1.N#Cc1ccc2c(c1)OCCC2. The van der Waals surface area contributed by atoms with Crippen LogP contribution in [0.2, 0.25) is 0 Å². The molecule has 4 rings (SSSR count). The molecule has 2 aromatic carbocycles. The molecule has 0 unspecified atom stereocenters. The molecule has 2 heterocycles. The van der Waals surface area contributed by atoms with Crippen LogP contribution < -0.4 is 16.2 Å². The zero-order valence-corrected chi connectivity index (χ0v) is 16.3. The van der Waals surface area contributed by atoms with Gasteiger partial charge in [-0.2, -0.15) is 5.26 Å². The van der Waals surface area contributed by atoms with Gasteiger partial charge >= 0.3 is 0 Å². The van der Waals surface area contributed by atoms with E-state index in [0.717, 1.165) is 36.5 Å². The lowest BCUT2D eigenvalue weighted by atomic mass is 10.0. The van der Waals surface area contributed by atoms with Crippen LogP contribution in [0.4, 0.5) is 11.4 Å². The van der Waals surface area contributed by atoms with Crippen LogP contribution in [0.5, 0.6) is 5.75 Å². The zero-order valence-electron chi connectivity index (χ0n) is 16.3. The average Bonchev–Trinajstić information content (AvgIpc) is 2.75. The number of hydrogen-bond donors (Lipinski definition) is 3. The number of aryl methyl sites for hydroxylation is 2. The summed E-state index contributed by atoms with van der Waals surface area (Å²) in [5.41, 5.74) is 17.3. The van der Waals surface area contributed by atoms with E-state index in [1.807, 2.05) is 31.2 Å². The van der Waals surface area contributed by atoms with E-state index >= 15 is 0 Å². The van der Waals surface area contributed by atoms with Crippen molar-refractivity contribution in [3.63, 3.8) is 0 Å². The predicted molar refractivity (Wildman–Crippen MR) is 115 cm³/mol. The number of nitrogens with zero attached hydrogens (tertiary/aromatic N) is 2. The maximum Gasteiger partial charge on any atom is 0.123 e. The fraction of sp³-hybridized carbons (Fsp3) is 0.174. The third kappa shape index (κ3) is 4.90. The van der Waals surface area contributed by atoms with Crippen molar-refractivity contribution < 1.29 is 4.74 Å². The standard InChI is InChI=1S/C13H14N4.C10H9NO/c1-8-6-9(4-5-17-8)13(16)11-7-10(14)2-3-12(11)15;11-7-8-3-4-9-2-1-5-12-10(9)6-8/h2-7,16H,14-15H2,1H3;3-4,6H,1-2,5H2. The molecule has 0 atom stereocenters. The van der Waals surface area contributed by atoms with Crippen molar-refractivity contribution in [1.29, 1.82) is 10.7 Å². The number of rotatable bonds is 2. The first-order valence-electron chi connectivity index (χ1n) is 9.30. The van der Waals surface area contributed by atoms with E-state index in [0.29, 0.717) is 28.2 Å². The van der Waals surface area contributed by atoms with Crippen molar-refractivity contribution in [2.75, 3.05) is 18.1 Å². The molecule has 5 N–H and O–H groups in total. The second-order valence-corrected chi connectivity index (χ2v) is 6.79. The Labute approximate surface area is 170 Å². The van der Waals surface area contributed by atoms with Gasteiger partial charge in [-0.1, -0.05) is 6.07 Å². The van der Waals surface area contributed by atoms with E-state index in [9.17, 15) is 0 Å². The molecule has 0 saturated carbocycles. The second-order valence-electron chi connectivity index (χ2n) is 6.79. The molecule has 1 aliphatic heterocycles. The number of nitrogen functional groups attached to an aromatic ring is 2. The van der Waals surface area contributed by atoms with Gasteiger partial charge in [0, 0.05) is 34.4 Å². The van der Waals surface area contributed by atoms with E-state index in [1.54, 1.807) is 30.5 Å². The van der Waals surface area contributed by atoms with E-state index in [2.05, 4.69) is 11.1 Å². The first kappa shape index (κ1) is 19.9. The number of aromatic nitrogens is 1. The highest BCUT2D eigenvalue weighted by atomic mass is 16.5. The van der Waals surface area contributed by atoms with Gasteiger partial charge in [-0.15, -0.1) is 0 Å². The van der Waals surface area contributed by atoms with Gasteiger partial charge in [-0.25, -0.2) is 0 Å². The Morgan fingerprint density at radius 3 is 2.72 bits per heavy atom. The van der Waals surface area contributed by atoms with E-state index < -0.39 is 0 Å². The topological polar surface area (TPSA) is 122 Å². The van der Waals surface area contributed by atoms with Crippen LogP contribution in [-0.2, 0) is 6.42 Å². The largest absolute Gasteiger partial charge is 0.493 e. The van der Waals surface area contributed by atoms with Gasteiger partial charge in [0.15, 0.2) is 0 Å². The summed E-state index contributed by atoms with van der Waals surface area (Å²) in [6, 6.07) is 16.5. The van der Waals surface area contributed by atoms with Crippen LogP contribution in [0, 0.1) is 23.7 Å². The van der Waals surface area contributed by atoms with Crippen LogP contribution >= 0.6 is 0 Å². The molecule has 6 nitrogen and oxygen atoms in total. The molecule has 6 heteroatoms. The zero-order chi connectivity index (χ0) is 20.8. The molecule has 0 saturated heterocycles. The number of pyridine rings is 1. The third-order valence-corrected chi connectivity index (χ3v) is 4.58. The monoisotopic (exact) mass is 385 g/mol. The number of fused-ring (bicyclic) bond motifs is 1.